The third-order valence-electron chi connectivity index (χ3n) is 5.47. The standard InChI is InChI=1S/C24H27N3/c1-3-7-21(8-4-1)24(22-9-5-2-6-10-22)27-17-13-23(14-18-27)26-19-20-11-15-25-16-12-20/h1-12,15-16,23-24,26H,13-14,17-19H2. The summed E-state index contributed by atoms with van der Waals surface area (Å²) < 4.78 is 0. The second-order valence-corrected chi connectivity index (χ2v) is 7.27. The van der Waals surface area contributed by atoms with Crippen molar-refractivity contribution >= 4 is 0 Å². The van der Waals surface area contributed by atoms with Crippen molar-refractivity contribution in [2.24, 2.45) is 0 Å². The van der Waals surface area contributed by atoms with Crippen LogP contribution in [0.25, 0.3) is 0 Å². The Balaban J connectivity index is 1.41. The zero-order valence-electron chi connectivity index (χ0n) is 15.7. The van der Waals surface area contributed by atoms with Crippen LogP contribution < -0.4 is 5.32 Å². The molecule has 2 heterocycles. The minimum absolute atomic E-state index is 0.341. The molecule has 1 saturated heterocycles. The van der Waals surface area contributed by atoms with Gasteiger partial charge in [0.05, 0.1) is 6.04 Å². The number of rotatable bonds is 6. The summed E-state index contributed by atoms with van der Waals surface area (Å²) in [7, 11) is 0. The number of pyridine rings is 1. The molecule has 3 aromatic rings. The largest absolute Gasteiger partial charge is 0.310 e. The van der Waals surface area contributed by atoms with Gasteiger partial charge in [-0.25, -0.2) is 0 Å². The van der Waals surface area contributed by atoms with Gasteiger partial charge in [-0.15, -0.1) is 0 Å². The van der Waals surface area contributed by atoms with Crippen molar-refractivity contribution in [3.8, 4) is 0 Å². The van der Waals surface area contributed by atoms with E-state index in [1.807, 2.05) is 12.4 Å². The van der Waals surface area contributed by atoms with E-state index in [2.05, 4.69) is 88.0 Å². The first-order chi connectivity index (χ1) is 13.4. The summed E-state index contributed by atoms with van der Waals surface area (Å²) in [6.07, 6.45) is 6.09. The van der Waals surface area contributed by atoms with Crippen molar-refractivity contribution in [3.05, 3.63) is 102 Å². The van der Waals surface area contributed by atoms with Gasteiger partial charge in [-0.05, 0) is 41.7 Å². The highest BCUT2D eigenvalue weighted by atomic mass is 15.2. The van der Waals surface area contributed by atoms with Crippen molar-refractivity contribution in [2.75, 3.05) is 13.1 Å². The second kappa shape index (κ2) is 8.94. The summed E-state index contributed by atoms with van der Waals surface area (Å²) in [4.78, 5) is 6.73. The van der Waals surface area contributed by atoms with Crippen LogP contribution in [0.3, 0.4) is 0 Å². The molecule has 0 unspecified atom stereocenters. The quantitative estimate of drug-likeness (QED) is 0.707. The molecule has 1 N–H and O–H groups in total. The van der Waals surface area contributed by atoms with E-state index in [9.17, 15) is 0 Å². The second-order valence-electron chi connectivity index (χ2n) is 7.27. The molecule has 3 heteroatoms. The lowest BCUT2D eigenvalue weighted by Gasteiger charge is -2.38. The van der Waals surface area contributed by atoms with Crippen molar-refractivity contribution in [1.29, 1.82) is 0 Å². The highest BCUT2D eigenvalue weighted by Crippen LogP contribution is 2.31. The monoisotopic (exact) mass is 357 g/mol. The molecule has 2 aromatic carbocycles. The van der Waals surface area contributed by atoms with Crippen LogP contribution in [-0.4, -0.2) is 29.0 Å². The van der Waals surface area contributed by atoms with Gasteiger partial charge < -0.3 is 5.32 Å². The Morgan fingerprint density at radius 2 is 1.37 bits per heavy atom. The summed E-state index contributed by atoms with van der Waals surface area (Å²) in [5, 5.41) is 3.72. The van der Waals surface area contributed by atoms with Gasteiger partial charge >= 0.3 is 0 Å². The number of hydrogen-bond donors (Lipinski definition) is 1. The number of aromatic nitrogens is 1. The van der Waals surface area contributed by atoms with Gasteiger partial charge in [0, 0.05) is 38.1 Å². The normalized spacial score (nSPS) is 15.9. The molecule has 0 aliphatic carbocycles. The van der Waals surface area contributed by atoms with E-state index in [1.165, 1.54) is 29.5 Å². The molecule has 0 saturated carbocycles. The van der Waals surface area contributed by atoms with Crippen LogP contribution in [0.2, 0.25) is 0 Å². The molecule has 0 amide bonds. The van der Waals surface area contributed by atoms with E-state index in [-0.39, 0.29) is 0 Å². The smallest absolute Gasteiger partial charge is 0.0601 e. The fourth-order valence-electron chi connectivity index (χ4n) is 4.01. The SMILES string of the molecule is c1ccc(C(c2ccccc2)N2CCC(NCc3ccncc3)CC2)cc1. The third kappa shape index (κ3) is 4.62. The van der Waals surface area contributed by atoms with E-state index < -0.39 is 0 Å². The van der Waals surface area contributed by atoms with Gasteiger partial charge in [-0.2, -0.15) is 0 Å². The zero-order valence-corrected chi connectivity index (χ0v) is 15.7. The Hall–Kier alpha value is -2.49. The Labute approximate surface area is 162 Å². The summed E-state index contributed by atoms with van der Waals surface area (Å²) in [5.41, 5.74) is 4.07. The molecular formula is C24H27N3. The molecule has 1 fully saturated rings. The first-order valence-corrected chi connectivity index (χ1v) is 9.86. The average molecular weight is 358 g/mol. The highest BCUT2D eigenvalue weighted by Gasteiger charge is 2.27. The minimum atomic E-state index is 0.341. The van der Waals surface area contributed by atoms with Gasteiger partial charge in [0.1, 0.15) is 0 Å². The lowest BCUT2D eigenvalue weighted by Crippen LogP contribution is -2.43. The first kappa shape index (κ1) is 17.9. The van der Waals surface area contributed by atoms with Crippen LogP contribution in [-0.2, 0) is 6.54 Å². The molecule has 0 bridgehead atoms. The molecule has 1 aliphatic rings. The summed E-state index contributed by atoms with van der Waals surface area (Å²) in [6.45, 7) is 3.15. The van der Waals surface area contributed by atoms with E-state index in [0.29, 0.717) is 12.1 Å². The van der Waals surface area contributed by atoms with Crippen LogP contribution >= 0.6 is 0 Å². The van der Waals surface area contributed by atoms with E-state index in [4.69, 9.17) is 0 Å². The molecule has 3 nitrogen and oxygen atoms in total. The van der Waals surface area contributed by atoms with Gasteiger partial charge in [-0.3, -0.25) is 9.88 Å². The fourth-order valence-corrected chi connectivity index (χ4v) is 4.01. The van der Waals surface area contributed by atoms with Gasteiger partial charge in [0.15, 0.2) is 0 Å². The molecule has 0 radical (unpaired) electrons. The van der Waals surface area contributed by atoms with Crippen LogP contribution in [0.15, 0.2) is 85.2 Å². The van der Waals surface area contributed by atoms with E-state index in [1.54, 1.807) is 0 Å². The maximum atomic E-state index is 4.09. The van der Waals surface area contributed by atoms with Gasteiger partial charge in [-0.1, -0.05) is 60.7 Å². The predicted molar refractivity (Wildman–Crippen MR) is 110 cm³/mol. The minimum Gasteiger partial charge on any atom is -0.310 e. The average Bonchev–Trinajstić information content (AvgIpc) is 2.76. The zero-order chi connectivity index (χ0) is 18.3. The Morgan fingerprint density at radius 3 is 1.93 bits per heavy atom. The number of benzene rings is 2. The lowest BCUT2D eigenvalue weighted by atomic mass is 9.94. The van der Waals surface area contributed by atoms with Crippen LogP contribution in [0.4, 0.5) is 0 Å². The molecular weight excluding hydrogens is 330 g/mol. The van der Waals surface area contributed by atoms with E-state index in [0.717, 1.165) is 19.6 Å². The molecule has 0 spiro atoms. The third-order valence-corrected chi connectivity index (χ3v) is 5.47. The molecule has 27 heavy (non-hydrogen) atoms. The van der Waals surface area contributed by atoms with E-state index >= 15 is 0 Å². The summed E-state index contributed by atoms with van der Waals surface area (Å²) >= 11 is 0. The Kier molecular flexibility index (Phi) is 5.92. The number of nitrogens with one attached hydrogen (secondary N) is 1. The predicted octanol–water partition coefficient (Wildman–Crippen LogP) is 4.43. The molecule has 4 rings (SSSR count). The van der Waals surface area contributed by atoms with Gasteiger partial charge in [0.2, 0.25) is 0 Å². The fraction of sp³-hybridized carbons (Fsp3) is 0.292. The lowest BCUT2D eigenvalue weighted by molar-refractivity contribution is 0.162. The molecule has 0 atom stereocenters. The molecule has 138 valence electrons. The Bertz CT molecular complexity index is 757. The molecule has 1 aromatic heterocycles. The van der Waals surface area contributed by atoms with Crippen LogP contribution in [0.5, 0.6) is 0 Å². The number of likely N-dealkylation sites (tertiary alicyclic amines) is 1. The summed E-state index contributed by atoms with van der Waals surface area (Å²) in [5.74, 6) is 0. The topological polar surface area (TPSA) is 28.2 Å². The van der Waals surface area contributed by atoms with Crippen molar-refractivity contribution in [2.45, 2.75) is 31.5 Å². The number of piperidine rings is 1. The van der Waals surface area contributed by atoms with Crippen molar-refractivity contribution in [3.63, 3.8) is 0 Å². The van der Waals surface area contributed by atoms with Crippen molar-refractivity contribution < 1.29 is 0 Å². The number of hydrogen-bond acceptors (Lipinski definition) is 3. The molecule has 1 aliphatic heterocycles. The number of nitrogens with zero attached hydrogens (tertiary/aromatic N) is 2. The van der Waals surface area contributed by atoms with Crippen LogP contribution in [0.1, 0.15) is 35.6 Å². The maximum Gasteiger partial charge on any atom is 0.0601 e. The highest BCUT2D eigenvalue weighted by molar-refractivity contribution is 5.32. The maximum absolute atomic E-state index is 4.09. The summed E-state index contributed by atoms with van der Waals surface area (Å²) in [6, 6.07) is 26.9. The first-order valence-electron chi connectivity index (χ1n) is 9.86. The van der Waals surface area contributed by atoms with Gasteiger partial charge in [0.25, 0.3) is 0 Å². The Morgan fingerprint density at radius 1 is 0.815 bits per heavy atom. The van der Waals surface area contributed by atoms with Crippen molar-refractivity contribution in [1.82, 2.24) is 15.2 Å². The van der Waals surface area contributed by atoms with Crippen LogP contribution in [0, 0.1) is 0 Å².